The van der Waals surface area contributed by atoms with Gasteiger partial charge in [0.05, 0.1) is 6.42 Å². The third-order valence-corrected chi connectivity index (χ3v) is 4.97. The monoisotopic (exact) mass is 394 g/mol. The topological polar surface area (TPSA) is 84.5 Å². The van der Waals surface area contributed by atoms with E-state index in [4.69, 9.17) is 4.74 Å². The van der Waals surface area contributed by atoms with Crippen LogP contribution in [0.15, 0.2) is 48.5 Å². The van der Waals surface area contributed by atoms with Gasteiger partial charge in [-0.05, 0) is 54.9 Å². The van der Waals surface area contributed by atoms with Crippen molar-refractivity contribution < 1.29 is 19.1 Å². The number of hydrogen-bond acceptors (Lipinski definition) is 4. The number of amides is 3. The summed E-state index contributed by atoms with van der Waals surface area (Å²) in [5, 5.41) is 4.79. The van der Waals surface area contributed by atoms with Gasteiger partial charge in [-0.3, -0.25) is 14.9 Å². The number of carbonyl (C=O) groups is 3. The number of rotatable bonds is 6. The third kappa shape index (κ3) is 6.17. The maximum absolute atomic E-state index is 12.2. The molecule has 1 aliphatic carbocycles. The van der Waals surface area contributed by atoms with Gasteiger partial charge in [-0.2, -0.15) is 0 Å². The van der Waals surface area contributed by atoms with E-state index in [1.807, 2.05) is 36.4 Å². The summed E-state index contributed by atoms with van der Waals surface area (Å²) in [4.78, 5) is 36.1. The van der Waals surface area contributed by atoms with Crippen molar-refractivity contribution in [3.63, 3.8) is 0 Å². The molecular weight excluding hydrogens is 368 g/mol. The molecule has 0 fully saturated rings. The van der Waals surface area contributed by atoms with Crippen LogP contribution in [0.1, 0.15) is 42.0 Å². The summed E-state index contributed by atoms with van der Waals surface area (Å²) in [7, 11) is 0. The van der Waals surface area contributed by atoms with Crippen LogP contribution in [0.2, 0.25) is 0 Å². The molecule has 3 rings (SSSR count). The Morgan fingerprint density at radius 1 is 0.966 bits per heavy atom. The fourth-order valence-electron chi connectivity index (χ4n) is 3.39. The smallest absolute Gasteiger partial charge is 0.321 e. The predicted molar refractivity (Wildman–Crippen MR) is 109 cm³/mol. The summed E-state index contributed by atoms with van der Waals surface area (Å²) in [6.07, 6.45) is 3.55. The summed E-state index contributed by atoms with van der Waals surface area (Å²) in [5.74, 6) is -1.15. The summed E-state index contributed by atoms with van der Waals surface area (Å²) >= 11 is 0. The Bertz CT molecular complexity index is 880. The molecule has 0 heterocycles. The van der Waals surface area contributed by atoms with Crippen molar-refractivity contribution in [1.29, 1.82) is 0 Å². The maximum Gasteiger partial charge on any atom is 0.321 e. The van der Waals surface area contributed by atoms with E-state index in [2.05, 4.69) is 22.8 Å². The largest absolute Gasteiger partial charge is 0.452 e. The van der Waals surface area contributed by atoms with Crippen molar-refractivity contribution in [1.82, 2.24) is 10.6 Å². The molecule has 0 aliphatic heterocycles. The zero-order valence-corrected chi connectivity index (χ0v) is 16.6. The molecule has 0 bridgehead atoms. The fraction of sp³-hybridized carbons (Fsp3) is 0.348. The summed E-state index contributed by atoms with van der Waals surface area (Å²) in [6, 6.07) is 14.8. The van der Waals surface area contributed by atoms with Crippen LogP contribution in [0.4, 0.5) is 4.79 Å². The highest BCUT2D eigenvalue weighted by Crippen LogP contribution is 2.22. The summed E-state index contributed by atoms with van der Waals surface area (Å²) < 4.78 is 5.19. The zero-order chi connectivity index (χ0) is 20.6. The molecule has 2 aromatic rings. The molecule has 1 atom stereocenters. The second-order valence-corrected chi connectivity index (χ2v) is 7.28. The highest BCUT2D eigenvalue weighted by molar-refractivity contribution is 5.97. The van der Waals surface area contributed by atoms with Gasteiger partial charge in [0.1, 0.15) is 0 Å². The van der Waals surface area contributed by atoms with E-state index in [1.165, 1.54) is 30.9 Å². The number of fused-ring (bicyclic) bond motifs is 1. The molecule has 29 heavy (non-hydrogen) atoms. The quantitative estimate of drug-likeness (QED) is 0.738. The fourth-order valence-corrected chi connectivity index (χ4v) is 3.39. The Morgan fingerprint density at radius 3 is 2.45 bits per heavy atom. The highest BCUT2D eigenvalue weighted by atomic mass is 16.5. The van der Waals surface area contributed by atoms with Crippen LogP contribution in [0, 0.1) is 0 Å². The number of ether oxygens (including phenoxy) is 1. The molecule has 0 aromatic heterocycles. The standard InChI is InChI=1S/C23H26N2O4/c1-16(22(27)25-23(28)24-15-17-7-3-2-4-8-17)29-21(26)14-18-11-12-19-9-5-6-10-20(19)13-18/h2-4,7-8,11-13,16H,5-6,9-10,14-15H2,1H3,(H2,24,25,27,28)/t16-/m1/s1. The number of hydrogen-bond donors (Lipinski definition) is 2. The van der Waals surface area contributed by atoms with Gasteiger partial charge in [0, 0.05) is 6.54 Å². The molecular formula is C23H26N2O4. The van der Waals surface area contributed by atoms with E-state index < -0.39 is 24.0 Å². The van der Waals surface area contributed by atoms with E-state index >= 15 is 0 Å². The molecule has 0 saturated carbocycles. The molecule has 0 spiro atoms. The van der Waals surface area contributed by atoms with Gasteiger partial charge in [-0.25, -0.2) is 4.79 Å². The van der Waals surface area contributed by atoms with Gasteiger partial charge in [-0.15, -0.1) is 0 Å². The lowest BCUT2D eigenvalue weighted by atomic mass is 9.90. The minimum absolute atomic E-state index is 0.102. The van der Waals surface area contributed by atoms with Crippen LogP contribution in [0.5, 0.6) is 0 Å². The molecule has 152 valence electrons. The minimum atomic E-state index is -1.05. The zero-order valence-electron chi connectivity index (χ0n) is 16.6. The Kier molecular flexibility index (Phi) is 7.00. The van der Waals surface area contributed by atoms with Gasteiger partial charge in [0.25, 0.3) is 5.91 Å². The van der Waals surface area contributed by atoms with Gasteiger partial charge in [-0.1, -0.05) is 48.5 Å². The SMILES string of the molecule is C[C@@H](OC(=O)Cc1ccc2c(c1)CCCC2)C(=O)NC(=O)NCc1ccccc1. The Morgan fingerprint density at radius 2 is 1.69 bits per heavy atom. The normalized spacial score (nSPS) is 13.7. The molecule has 0 radical (unpaired) electrons. The number of carbonyl (C=O) groups excluding carboxylic acids is 3. The summed E-state index contributed by atoms with van der Waals surface area (Å²) in [5.41, 5.74) is 4.44. The molecule has 0 saturated heterocycles. The first-order chi connectivity index (χ1) is 14.0. The van der Waals surface area contributed by atoms with Crippen LogP contribution < -0.4 is 10.6 Å². The summed E-state index contributed by atoms with van der Waals surface area (Å²) in [6.45, 7) is 1.75. The van der Waals surface area contributed by atoms with E-state index in [0.717, 1.165) is 24.0 Å². The second-order valence-electron chi connectivity index (χ2n) is 7.28. The van der Waals surface area contributed by atoms with E-state index in [-0.39, 0.29) is 6.42 Å². The number of urea groups is 1. The number of aryl methyl sites for hydroxylation is 2. The maximum atomic E-state index is 12.2. The lowest BCUT2D eigenvalue weighted by Gasteiger charge is -2.17. The number of nitrogens with one attached hydrogen (secondary N) is 2. The van der Waals surface area contributed by atoms with Gasteiger partial charge < -0.3 is 10.1 Å². The average Bonchev–Trinajstić information content (AvgIpc) is 2.72. The first-order valence-corrected chi connectivity index (χ1v) is 9.94. The molecule has 0 unspecified atom stereocenters. The molecule has 2 aromatic carbocycles. The van der Waals surface area contributed by atoms with E-state index in [1.54, 1.807) is 0 Å². The molecule has 1 aliphatic rings. The van der Waals surface area contributed by atoms with Crippen molar-refractivity contribution in [3.05, 3.63) is 70.8 Å². The van der Waals surface area contributed by atoms with Crippen molar-refractivity contribution in [2.24, 2.45) is 0 Å². The number of benzene rings is 2. The van der Waals surface area contributed by atoms with Gasteiger partial charge in [0.15, 0.2) is 6.10 Å². The lowest BCUT2D eigenvalue weighted by Crippen LogP contribution is -2.44. The highest BCUT2D eigenvalue weighted by Gasteiger charge is 2.20. The second kappa shape index (κ2) is 9.87. The number of imide groups is 1. The van der Waals surface area contributed by atoms with E-state index in [0.29, 0.717) is 6.54 Å². The lowest BCUT2D eigenvalue weighted by molar-refractivity contribution is -0.153. The Balaban J connectivity index is 1.43. The van der Waals surface area contributed by atoms with Crippen molar-refractivity contribution in [2.45, 2.75) is 51.7 Å². The van der Waals surface area contributed by atoms with Crippen LogP contribution in [0.3, 0.4) is 0 Å². The van der Waals surface area contributed by atoms with Gasteiger partial charge in [0.2, 0.25) is 0 Å². The molecule has 6 heteroatoms. The Labute approximate surface area is 170 Å². The van der Waals surface area contributed by atoms with Crippen molar-refractivity contribution in [3.8, 4) is 0 Å². The van der Waals surface area contributed by atoms with Gasteiger partial charge >= 0.3 is 12.0 Å². The van der Waals surface area contributed by atoms with Crippen molar-refractivity contribution >= 4 is 17.9 Å². The number of esters is 1. The van der Waals surface area contributed by atoms with Crippen LogP contribution in [-0.2, 0) is 40.1 Å². The Hall–Kier alpha value is -3.15. The van der Waals surface area contributed by atoms with Crippen LogP contribution in [-0.4, -0.2) is 24.0 Å². The first kappa shape index (κ1) is 20.6. The first-order valence-electron chi connectivity index (χ1n) is 9.94. The molecule has 3 amide bonds. The predicted octanol–water partition coefficient (Wildman–Crippen LogP) is 3.07. The van der Waals surface area contributed by atoms with Crippen LogP contribution >= 0.6 is 0 Å². The molecule has 2 N–H and O–H groups in total. The molecule has 6 nitrogen and oxygen atoms in total. The van der Waals surface area contributed by atoms with Crippen molar-refractivity contribution in [2.75, 3.05) is 0 Å². The van der Waals surface area contributed by atoms with Crippen LogP contribution in [0.25, 0.3) is 0 Å². The van der Waals surface area contributed by atoms with E-state index in [9.17, 15) is 14.4 Å². The third-order valence-electron chi connectivity index (χ3n) is 4.97. The minimum Gasteiger partial charge on any atom is -0.452 e. The average molecular weight is 394 g/mol.